The summed E-state index contributed by atoms with van der Waals surface area (Å²) in [6.07, 6.45) is 0.938. The van der Waals surface area contributed by atoms with Crippen molar-refractivity contribution in [1.82, 2.24) is 9.88 Å². The van der Waals surface area contributed by atoms with Crippen LogP contribution in [-0.4, -0.2) is 23.2 Å². The lowest BCUT2D eigenvalue weighted by atomic mass is 9.95. The molecule has 1 aromatic heterocycles. The maximum absolute atomic E-state index is 11.1. The highest BCUT2D eigenvalue weighted by Gasteiger charge is 2.22. The molecule has 0 saturated heterocycles. The Labute approximate surface area is 100 Å². The topological polar surface area (TPSA) is 36.1 Å². The average Bonchev–Trinajstić information content (AvgIpc) is 2.65. The first-order valence-corrected chi connectivity index (χ1v) is 5.89. The molecule has 2 aromatic rings. The molecule has 3 rings (SSSR count). The predicted octanol–water partition coefficient (Wildman–Crippen LogP) is 2.54. The largest absolute Gasteiger partial charge is 0.352 e. The molecule has 1 N–H and O–H groups in total. The zero-order valence-corrected chi connectivity index (χ0v) is 10.4. The van der Waals surface area contributed by atoms with Gasteiger partial charge in [-0.05, 0) is 37.6 Å². The summed E-state index contributed by atoms with van der Waals surface area (Å²) in [4.78, 5) is 16.7. The molecule has 0 spiro atoms. The van der Waals surface area contributed by atoms with Gasteiger partial charge < -0.3 is 4.98 Å². The summed E-state index contributed by atoms with van der Waals surface area (Å²) < 4.78 is 0. The standard InChI is InChI=1S/C14H16N2O/c1-8-4-10-5-16(3)6-11-12(7-17)15-14(9(8)2)13(10)11/h4,7,15H,5-6H2,1-3H3. The van der Waals surface area contributed by atoms with Gasteiger partial charge in [0.15, 0.2) is 6.29 Å². The zero-order chi connectivity index (χ0) is 12.2. The normalized spacial score (nSPS) is 15.5. The molecular formula is C14H16N2O. The first-order valence-electron chi connectivity index (χ1n) is 5.89. The number of rotatable bonds is 1. The molecule has 3 nitrogen and oxygen atoms in total. The highest BCUT2D eigenvalue weighted by molar-refractivity contribution is 5.97. The Morgan fingerprint density at radius 3 is 2.82 bits per heavy atom. The number of hydrogen-bond donors (Lipinski definition) is 1. The maximum atomic E-state index is 11.1. The lowest BCUT2D eigenvalue weighted by Gasteiger charge is -2.24. The Balaban J connectivity index is 2.46. The second-order valence-corrected chi connectivity index (χ2v) is 5.03. The van der Waals surface area contributed by atoms with E-state index in [2.05, 4.69) is 36.8 Å². The van der Waals surface area contributed by atoms with Gasteiger partial charge in [-0.1, -0.05) is 6.07 Å². The molecule has 0 unspecified atom stereocenters. The van der Waals surface area contributed by atoms with Crippen LogP contribution >= 0.6 is 0 Å². The van der Waals surface area contributed by atoms with E-state index in [0.717, 1.165) is 36.1 Å². The predicted molar refractivity (Wildman–Crippen MR) is 68.3 cm³/mol. The second kappa shape index (κ2) is 3.44. The van der Waals surface area contributed by atoms with Gasteiger partial charge in [0.05, 0.1) is 5.69 Å². The first-order chi connectivity index (χ1) is 8.11. The number of aromatic nitrogens is 1. The number of carbonyl (C=O) groups is 1. The van der Waals surface area contributed by atoms with E-state index in [-0.39, 0.29) is 0 Å². The molecule has 2 heterocycles. The van der Waals surface area contributed by atoms with Crippen LogP contribution in [0.15, 0.2) is 6.07 Å². The fourth-order valence-electron chi connectivity index (χ4n) is 2.84. The molecule has 0 aliphatic carbocycles. The highest BCUT2D eigenvalue weighted by atomic mass is 16.1. The van der Waals surface area contributed by atoms with Crippen molar-refractivity contribution < 1.29 is 4.79 Å². The third-order valence-electron chi connectivity index (χ3n) is 3.80. The third-order valence-corrected chi connectivity index (χ3v) is 3.80. The number of benzene rings is 1. The number of nitrogens with zero attached hydrogens (tertiary/aromatic N) is 1. The number of aryl methyl sites for hydroxylation is 2. The summed E-state index contributed by atoms with van der Waals surface area (Å²) in [5.74, 6) is 0. The van der Waals surface area contributed by atoms with Crippen LogP contribution in [-0.2, 0) is 13.1 Å². The van der Waals surface area contributed by atoms with Gasteiger partial charge in [-0.15, -0.1) is 0 Å². The lowest BCUT2D eigenvalue weighted by Crippen LogP contribution is -2.22. The van der Waals surface area contributed by atoms with E-state index in [1.54, 1.807) is 0 Å². The van der Waals surface area contributed by atoms with Crippen LogP contribution in [0.25, 0.3) is 10.9 Å². The van der Waals surface area contributed by atoms with Crippen molar-refractivity contribution in [3.63, 3.8) is 0 Å². The van der Waals surface area contributed by atoms with Crippen LogP contribution in [0.3, 0.4) is 0 Å². The Hall–Kier alpha value is -1.61. The van der Waals surface area contributed by atoms with Crippen LogP contribution in [0.4, 0.5) is 0 Å². The second-order valence-electron chi connectivity index (χ2n) is 5.03. The van der Waals surface area contributed by atoms with E-state index < -0.39 is 0 Å². The summed E-state index contributed by atoms with van der Waals surface area (Å²) in [6.45, 7) is 6.05. The van der Waals surface area contributed by atoms with Crippen molar-refractivity contribution in [2.75, 3.05) is 7.05 Å². The van der Waals surface area contributed by atoms with Crippen LogP contribution in [0, 0.1) is 13.8 Å². The molecule has 1 aliphatic rings. The molecule has 17 heavy (non-hydrogen) atoms. The van der Waals surface area contributed by atoms with Crippen LogP contribution < -0.4 is 0 Å². The summed E-state index contributed by atoms with van der Waals surface area (Å²) in [5, 5.41) is 1.27. The first kappa shape index (κ1) is 10.5. The molecule has 0 bridgehead atoms. The average molecular weight is 228 g/mol. The quantitative estimate of drug-likeness (QED) is 0.761. The monoisotopic (exact) mass is 228 g/mol. The number of aromatic amines is 1. The van der Waals surface area contributed by atoms with E-state index in [1.807, 2.05) is 0 Å². The Bertz CT molecular complexity index is 625. The van der Waals surface area contributed by atoms with E-state index in [0.29, 0.717) is 0 Å². The molecule has 0 fully saturated rings. The number of nitrogens with one attached hydrogen (secondary N) is 1. The molecule has 0 radical (unpaired) electrons. The van der Waals surface area contributed by atoms with Gasteiger partial charge >= 0.3 is 0 Å². The van der Waals surface area contributed by atoms with Gasteiger partial charge in [0, 0.05) is 29.6 Å². The molecule has 3 heteroatoms. The van der Waals surface area contributed by atoms with E-state index in [1.165, 1.54) is 22.1 Å². The van der Waals surface area contributed by atoms with Crippen LogP contribution in [0.1, 0.15) is 32.7 Å². The molecule has 88 valence electrons. The smallest absolute Gasteiger partial charge is 0.166 e. The number of H-pyrrole nitrogens is 1. The van der Waals surface area contributed by atoms with Crippen molar-refractivity contribution in [3.05, 3.63) is 34.0 Å². The minimum absolute atomic E-state index is 0.738. The Morgan fingerprint density at radius 1 is 1.35 bits per heavy atom. The SMILES string of the molecule is Cc1cc2c3c(c(C=O)[nH]c3c1C)CN(C)C2. The Morgan fingerprint density at radius 2 is 2.12 bits per heavy atom. The fourth-order valence-corrected chi connectivity index (χ4v) is 2.84. The van der Waals surface area contributed by atoms with Crippen molar-refractivity contribution in [2.45, 2.75) is 26.9 Å². The van der Waals surface area contributed by atoms with E-state index in [9.17, 15) is 4.79 Å². The van der Waals surface area contributed by atoms with Gasteiger partial charge in [0.2, 0.25) is 0 Å². The van der Waals surface area contributed by atoms with Crippen molar-refractivity contribution in [1.29, 1.82) is 0 Å². The minimum atomic E-state index is 0.738. The van der Waals surface area contributed by atoms with Crippen molar-refractivity contribution in [2.24, 2.45) is 0 Å². The fraction of sp³-hybridized carbons (Fsp3) is 0.357. The number of hydrogen-bond acceptors (Lipinski definition) is 2. The van der Waals surface area contributed by atoms with Crippen LogP contribution in [0.5, 0.6) is 0 Å². The van der Waals surface area contributed by atoms with Gasteiger partial charge in [0.25, 0.3) is 0 Å². The van der Waals surface area contributed by atoms with Crippen LogP contribution in [0.2, 0.25) is 0 Å². The summed E-state index contributed by atoms with van der Waals surface area (Å²) in [5.41, 5.74) is 6.90. The summed E-state index contributed by atoms with van der Waals surface area (Å²) in [6, 6.07) is 2.25. The van der Waals surface area contributed by atoms with Crippen molar-refractivity contribution >= 4 is 17.2 Å². The van der Waals surface area contributed by atoms with Gasteiger partial charge in [-0.25, -0.2) is 0 Å². The third kappa shape index (κ3) is 1.35. The van der Waals surface area contributed by atoms with E-state index >= 15 is 0 Å². The highest BCUT2D eigenvalue weighted by Crippen LogP contribution is 2.34. The van der Waals surface area contributed by atoms with Gasteiger partial charge in [-0.3, -0.25) is 9.69 Å². The molecular weight excluding hydrogens is 212 g/mol. The van der Waals surface area contributed by atoms with Gasteiger partial charge in [-0.2, -0.15) is 0 Å². The van der Waals surface area contributed by atoms with E-state index in [4.69, 9.17) is 0 Å². The van der Waals surface area contributed by atoms with Gasteiger partial charge in [0.1, 0.15) is 0 Å². The number of carbonyl (C=O) groups excluding carboxylic acids is 1. The molecule has 0 amide bonds. The Kier molecular flexibility index (Phi) is 2.13. The maximum Gasteiger partial charge on any atom is 0.166 e. The zero-order valence-electron chi connectivity index (χ0n) is 10.4. The van der Waals surface area contributed by atoms with Crippen molar-refractivity contribution in [3.8, 4) is 0 Å². The molecule has 0 saturated carbocycles. The molecule has 0 atom stereocenters. The summed E-state index contributed by atoms with van der Waals surface area (Å²) >= 11 is 0. The molecule has 1 aliphatic heterocycles. The molecule has 1 aromatic carbocycles. The minimum Gasteiger partial charge on any atom is -0.352 e. The number of aldehydes is 1. The summed E-state index contributed by atoms with van der Waals surface area (Å²) in [7, 11) is 2.09. The lowest BCUT2D eigenvalue weighted by molar-refractivity contribution is 0.111.